The van der Waals surface area contributed by atoms with Gasteiger partial charge in [-0.15, -0.1) is 0 Å². The van der Waals surface area contributed by atoms with Gasteiger partial charge in [-0.05, 0) is 38.1 Å². The van der Waals surface area contributed by atoms with E-state index in [1.165, 1.54) is 0 Å². The Hall–Kier alpha value is -1.55. The summed E-state index contributed by atoms with van der Waals surface area (Å²) in [5.41, 5.74) is 6.92. The van der Waals surface area contributed by atoms with Gasteiger partial charge in [0.15, 0.2) is 0 Å². The number of ether oxygens (including phenoxy) is 1. The fraction of sp³-hybridized carbons (Fsp3) is 0.364. The molecule has 1 aromatic carbocycles. The molecular formula is C11H16N2O2. The third kappa shape index (κ3) is 3.59. The molecule has 0 bridgehead atoms. The van der Waals surface area contributed by atoms with E-state index in [0.717, 1.165) is 5.69 Å². The fourth-order valence-electron chi connectivity index (χ4n) is 1.14. The van der Waals surface area contributed by atoms with Crippen LogP contribution in [-0.2, 0) is 9.53 Å². The second kappa shape index (κ2) is 5.36. The molecule has 0 fully saturated rings. The number of hydrogen-bond acceptors (Lipinski definition) is 3. The summed E-state index contributed by atoms with van der Waals surface area (Å²) in [5, 5.41) is 2.73. The van der Waals surface area contributed by atoms with E-state index < -0.39 is 6.10 Å². The lowest BCUT2D eigenvalue weighted by Crippen LogP contribution is -2.27. The predicted octanol–water partition coefficient (Wildman–Crippen LogP) is 1.63. The molecule has 82 valence electrons. The van der Waals surface area contributed by atoms with Gasteiger partial charge in [0.2, 0.25) is 0 Å². The minimum absolute atomic E-state index is 0.151. The number of benzene rings is 1. The summed E-state index contributed by atoms with van der Waals surface area (Å²) < 4.78 is 5.16. The predicted molar refractivity (Wildman–Crippen MR) is 60.6 cm³/mol. The van der Waals surface area contributed by atoms with E-state index >= 15 is 0 Å². The number of rotatable bonds is 4. The van der Waals surface area contributed by atoms with Gasteiger partial charge in [0, 0.05) is 18.0 Å². The first kappa shape index (κ1) is 11.5. The van der Waals surface area contributed by atoms with Gasteiger partial charge in [-0.2, -0.15) is 0 Å². The summed E-state index contributed by atoms with van der Waals surface area (Å²) in [7, 11) is 0. The standard InChI is InChI=1S/C11H16N2O2/c1-3-15-8(2)11(14)13-10-6-4-9(12)5-7-10/h4-8H,3,12H2,1-2H3,(H,13,14). The van der Waals surface area contributed by atoms with Gasteiger partial charge < -0.3 is 15.8 Å². The number of nitrogens with one attached hydrogen (secondary N) is 1. The van der Waals surface area contributed by atoms with Crippen LogP contribution in [0.5, 0.6) is 0 Å². The van der Waals surface area contributed by atoms with Crippen molar-refractivity contribution in [3.05, 3.63) is 24.3 Å². The molecule has 0 heterocycles. The normalized spacial score (nSPS) is 12.1. The average molecular weight is 208 g/mol. The molecule has 4 nitrogen and oxygen atoms in total. The zero-order chi connectivity index (χ0) is 11.3. The highest BCUT2D eigenvalue weighted by Crippen LogP contribution is 2.11. The SMILES string of the molecule is CCOC(C)C(=O)Nc1ccc(N)cc1. The molecule has 15 heavy (non-hydrogen) atoms. The largest absolute Gasteiger partial charge is 0.399 e. The topological polar surface area (TPSA) is 64.3 Å². The highest BCUT2D eigenvalue weighted by Gasteiger charge is 2.11. The Balaban J connectivity index is 2.54. The van der Waals surface area contributed by atoms with Gasteiger partial charge in [-0.3, -0.25) is 4.79 Å². The number of hydrogen-bond donors (Lipinski definition) is 2. The van der Waals surface area contributed by atoms with Gasteiger partial charge in [-0.25, -0.2) is 0 Å². The number of carbonyl (C=O) groups excluding carboxylic acids is 1. The zero-order valence-electron chi connectivity index (χ0n) is 8.99. The van der Waals surface area contributed by atoms with E-state index in [4.69, 9.17) is 10.5 Å². The van der Waals surface area contributed by atoms with Crippen LogP contribution < -0.4 is 11.1 Å². The van der Waals surface area contributed by atoms with Crippen molar-refractivity contribution in [3.8, 4) is 0 Å². The second-order valence-corrected chi connectivity index (χ2v) is 3.21. The van der Waals surface area contributed by atoms with Gasteiger partial charge in [-0.1, -0.05) is 0 Å². The van der Waals surface area contributed by atoms with Crippen molar-refractivity contribution < 1.29 is 9.53 Å². The maximum absolute atomic E-state index is 11.5. The Bertz CT molecular complexity index is 322. The van der Waals surface area contributed by atoms with Gasteiger partial charge in [0.25, 0.3) is 5.91 Å². The molecule has 0 aliphatic heterocycles. The molecular weight excluding hydrogens is 192 g/mol. The Kier molecular flexibility index (Phi) is 4.12. The summed E-state index contributed by atoms with van der Waals surface area (Å²) in [6, 6.07) is 6.99. The lowest BCUT2D eigenvalue weighted by Gasteiger charge is -2.11. The Morgan fingerprint density at radius 2 is 2.07 bits per heavy atom. The number of amides is 1. The van der Waals surface area contributed by atoms with Crippen LogP contribution in [0.15, 0.2) is 24.3 Å². The van der Waals surface area contributed by atoms with Crippen molar-refractivity contribution in [1.82, 2.24) is 0 Å². The quantitative estimate of drug-likeness (QED) is 0.739. The highest BCUT2D eigenvalue weighted by molar-refractivity contribution is 5.93. The second-order valence-electron chi connectivity index (χ2n) is 3.21. The Morgan fingerprint density at radius 1 is 1.47 bits per heavy atom. The lowest BCUT2D eigenvalue weighted by molar-refractivity contribution is -0.126. The molecule has 1 aromatic rings. The highest BCUT2D eigenvalue weighted by atomic mass is 16.5. The van der Waals surface area contributed by atoms with Gasteiger partial charge in [0.05, 0.1) is 0 Å². The summed E-state index contributed by atoms with van der Waals surface area (Å²) in [5.74, 6) is -0.151. The first-order valence-electron chi connectivity index (χ1n) is 4.91. The summed E-state index contributed by atoms with van der Waals surface area (Å²) in [4.78, 5) is 11.5. The molecule has 0 spiro atoms. The average Bonchev–Trinajstić information content (AvgIpc) is 2.22. The van der Waals surface area contributed by atoms with E-state index in [9.17, 15) is 4.79 Å². The molecule has 1 atom stereocenters. The molecule has 1 unspecified atom stereocenters. The molecule has 0 saturated carbocycles. The first-order chi connectivity index (χ1) is 7.13. The zero-order valence-corrected chi connectivity index (χ0v) is 8.99. The fourth-order valence-corrected chi connectivity index (χ4v) is 1.14. The van der Waals surface area contributed by atoms with E-state index in [2.05, 4.69) is 5.32 Å². The Labute approximate surface area is 89.4 Å². The van der Waals surface area contributed by atoms with Crippen molar-refractivity contribution in [2.45, 2.75) is 20.0 Å². The number of carbonyl (C=O) groups is 1. The lowest BCUT2D eigenvalue weighted by atomic mass is 10.2. The van der Waals surface area contributed by atoms with E-state index in [0.29, 0.717) is 12.3 Å². The minimum atomic E-state index is -0.437. The van der Waals surface area contributed by atoms with Crippen LogP contribution in [0.25, 0.3) is 0 Å². The Morgan fingerprint density at radius 3 is 2.60 bits per heavy atom. The molecule has 1 rings (SSSR count). The molecule has 4 heteroatoms. The van der Waals surface area contributed by atoms with Crippen LogP contribution in [0.4, 0.5) is 11.4 Å². The van der Waals surface area contributed by atoms with Crippen LogP contribution in [0.2, 0.25) is 0 Å². The molecule has 3 N–H and O–H groups in total. The number of nitrogens with two attached hydrogens (primary N) is 1. The van der Waals surface area contributed by atoms with Crippen molar-refractivity contribution in [2.75, 3.05) is 17.7 Å². The number of nitrogen functional groups attached to an aromatic ring is 1. The molecule has 0 radical (unpaired) electrons. The monoisotopic (exact) mass is 208 g/mol. The summed E-state index contributed by atoms with van der Waals surface area (Å²) in [6.45, 7) is 4.10. The van der Waals surface area contributed by atoms with Crippen molar-refractivity contribution >= 4 is 17.3 Å². The third-order valence-corrected chi connectivity index (χ3v) is 1.96. The maximum Gasteiger partial charge on any atom is 0.253 e. The van der Waals surface area contributed by atoms with Crippen LogP contribution in [-0.4, -0.2) is 18.6 Å². The van der Waals surface area contributed by atoms with Crippen LogP contribution in [0.1, 0.15) is 13.8 Å². The first-order valence-corrected chi connectivity index (χ1v) is 4.91. The minimum Gasteiger partial charge on any atom is -0.399 e. The van der Waals surface area contributed by atoms with E-state index in [-0.39, 0.29) is 5.91 Å². The van der Waals surface area contributed by atoms with E-state index in [1.807, 2.05) is 6.92 Å². The van der Waals surface area contributed by atoms with Crippen molar-refractivity contribution in [1.29, 1.82) is 0 Å². The van der Waals surface area contributed by atoms with Gasteiger partial charge in [0.1, 0.15) is 6.10 Å². The van der Waals surface area contributed by atoms with Crippen LogP contribution in [0.3, 0.4) is 0 Å². The summed E-state index contributed by atoms with van der Waals surface area (Å²) in [6.07, 6.45) is -0.437. The van der Waals surface area contributed by atoms with Crippen LogP contribution >= 0.6 is 0 Å². The molecule has 0 aliphatic rings. The maximum atomic E-state index is 11.5. The molecule has 0 saturated heterocycles. The molecule has 0 aromatic heterocycles. The number of anilines is 2. The third-order valence-electron chi connectivity index (χ3n) is 1.96. The summed E-state index contributed by atoms with van der Waals surface area (Å²) >= 11 is 0. The van der Waals surface area contributed by atoms with Gasteiger partial charge >= 0.3 is 0 Å². The molecule has 0 aliphatic carbocycles. The molecule has 1 amide bonds. The van der Waals surface area contributed by atoms with Crippen molar-refractivity contribution in [3.63, 3.8) is 0 Å². The van der Waals surface area contributed by atoms with Crippen molar-refractivity contribution in [2.24, 2.45) is 0 Å². The smallest absolute Gasteiger partial charge is 0.253 e. The van der Waals surface area contributed by atoms with E-state index in [1.54, 1.807) is 31.2 Å². The van der Waals surface area contributed by atoms with Crippen LogP contribution in [0, 0.1) is 0 Å².